The number of fused-ring (bicyclic) bond motifs is 4. The summed E-state index contributed by atoms with van der Waals surface area (Å²) in [5.41, 5.74) is 4.33. The molecular formula is C41H46Ac2B4Br2ClK2Na2O18PdS3Y3-2. The SMILES string of the molecule is O.O.O=CO[O-].O=CO[O-].OCc1cc2c[c-]ccc2o1.OCc1cc2cc(Br)ccc2o1.O[B]O.[2H]B([3H])CSCl.[2H]B([3H])CSOCc1cc2c[c-]ccc2o1.[2H]B([3H])CSOCc1cc2cc(Br)ccc2o1.[Ac].[Ac].[K+].[K].[Na+].[Na].[Pd].[Y].[Y].[Y]. The number of carbonyl (C=O) groups excluding carboxylic acids is 2. The summed E-state index contributed by atoms with van der Waals surface area (Å²) in [4.78, 5) is 22.5. The number of aliphatic hydroxyl groups is 2. The predicted octanol–water partition coefficient (Wildman–Crippen LogP) is -3.22. The van der Waals surface area contributed by atoms with Crippen molar-refractivity contribution in [1.29, 1.82) is 8.01 Å². The summed E-state index contributed by atoms with van der Waals surface area (Å²) in [6.07, 6.45) is 0. The summed E-state index contributed by atoms with van der Waals surface area (Å²) in [6, 6.07) is 35.9. The third-order valence-electron chi connectivity index (χ3n) is 7.04. The first kappa shape index (κ1) is 98.3. The molecule has 0 aliphatic heterocycles. The number of furan rings is 4. The van der Waals surface area contributed by atoms with Crippen LogP contribution in [0.3, 0.4) is 0 Å². The quantitative estimate of drug-likeness (QED) is 0.0141. The van der Waals surface area contributed by atoms with Gasteiger partial charge in [0, 0.05) is 319 Å². The second-order valence-corrected chi connectivity index (χ2v) is 16.0. The third-order valence-corrected chi connectivity index (χ3v) is 9.37. The van der Waals surface area contributed by atoms with Gasteiger partial charge < -0.3 is 77.5 Å². The molecule has 0 saturated heterocycles. The Morgan fingerprint density at radius 3 is 1.27 bits per heavy atom. The number of carbonyl (C=O) groups is 2. The Bertz CT molecular complexity index is 2700. The Balaban J connectivity index is -0.0000000740. The van der Waals surface area contributed by atoms with Crippen molar-refractivity contribution < 1.29 is 375 Å². The van der Waals surface area contributed by atoms with Gasteiger partial charge in [-0.1, -0.05) is 65.7 Å². The molecule has 18 nitrogen and oxygen atoms in total. The molecule has 0 aliphatic rings. The molecule has 0 fully saturated rings. The first-order valence-electron chi connectivity index (χ1n) is 21.7. The van der Waals surface area contributed by atoms with E-state index in [0.29, 0.717) is 41.7 Å². The van der Waals surface area contributed by atoms with Gasteiger partial charge in [-0.15, -0.1) is 12.1 Å². The van der Waals surface area contributed by atoms with Crippen LogP contribution in [0.25, 0.3) is 43.9 Å². The molecule has 0 saturated carbocycles. The maximum absolute atomic E-state index is 8.80. The van der Waals surface area contributed by atoms with E-state index < -0.39 is 23.3 Å². The van der Waals surface area contributed by atoms with E-state index in [0.717, 1.165) is 99.4 Å². The van der Waals surface area contributed by atoms with Crippen LogP contribution in [0.15, 0.2) is 124 Å². The first-order valence-corrected chi connectivity index (χ1v) is 23.5. The minimum Gasteiger partial charge on any atom is -0.662 e. The molecule has 4 heterocycles. The molecule has 8 N–H and O–H groups in total. The van der Waals surface area contributed by atoms with Crippen molar-refractivity contribution in [2.24, 2.45) is 0 Å². The van der Waals surface area contributed by atoms with Crippen LogP contribution in [0.4, 0.5) is 0 Å². The van der Waals surface area contributed by atoms with Crippen LogP contribution in [-0.4, -0.2) is 181 Å². The standard InChI is InChI=1S/C10H10BBrO2S.C10H10BO2S.C9H7BrO2.C9H7O2.CH4BClS.2CH2O3.2Ac.BH2O2.2K.2Na.2H2O.Pd.3Y/c11-6-15-13-5-9-4-7-3-8(12)1-2-10(7)14-9;11-7-14-12-6-9-5-8-3-1-2-4-10(8)13-9;10-7-1-2-9-6(3-7)4-8(5-11)12-9;10-6-8-5-7-3-1-2-4-9(7)11-8;3*2-1-4-3;;;2-1-3;;;;;;;;;;/h1-4H,5-6,11H2;2-5H,6-7,11H2;1-4,11H,5H2;2-5,10H,6H2;1-2H2;2*1,3H;;;2-3H;;;;;2*1H2;;;;/q;-1;;-1;;;;;;;;+1;;+1;;;;;;/p-2/i2*11TD;;;2TD;;;;;;;;;;;;;;;. The summed E-state index contributed by atoms with van der Waals surface area (Å²) in [5, 5.41) is 52.4. The smallest absolute Gasteiger partial charge is 0.662 e. The minimum atomic E-state index is -0.855. The van der Waals surface area contributed by atoms with E-state index in [1.54, 1.807) is 12.1 Å². The van der Waals surface area contributed by atoms with Crippen molar-refractivity contribution >= 4 is 246 Å². The summed E-state index contributed by atoms with van der Waals surface area (Å²) in [5.74, 6) is 2.69. The molecular weight excluding hydrogens is 2070 g/mol. The molecule has 0 atom stereocenters. The fourth-order valence-corrected chi connectivity index (χ4v) is 6.04. The van der Waals surface area contributed by atoms with Crippen LogP contribution in [0, 0.1) is 100 Å². The van der Waals surface area contributed by atoms with Gasteiger partial charge in [0.25, 0.3) is 12.9 Å². The van der Waals surface area contributed by atoms with Gasteiger partial charge in [0.2, 0.25) is 0 Å². The number of hydrogen-bond donors (Lipinski definition) is 4. The van der Waals surface area contributed by atoms with Gasteiger partial charge >= 0.3 is 88.6 Å². The normalized spacial score (nSPS) is 9.13. The van der Waals surface area contributed by atoms with Gasteiger partial charge in [0.05, 0.1) is 6.61 Å². The van der Waals surface area contributed by atoms with Crippen molar-refractivity contribution in [3.05, 3.63) is 141 Å². The van der Waals surface area contributed by atoms with Gasteiger partial charge in [0.15, 0.2) is 0 Å². The van der Waals surface area contributed by atoms with E-state index in [4.69, 9.17) is 85.1 Å². The van der Waals surface area contributed by atoms with Crippen LogP contribution in [0.5, 0.6) is 0 Å². The Hall–Kier alpha value is 8.27. The van der Waals surface area contributed by atoms with E-state index >= 15 is 0 Å². The Kier molecular flexibility index (Phi) is 98.0. The molecule has 0 amide bonds. The molecule has 0 bridgehead atoms. The van der Waals surface area contributed by atoms with Gasteiger partial charge in [-0.25, -0.2) is 0 Å². The Morgan fingerprint density at radius 1 is 0.671 bits per heavy atom. The van der Waals surface area contributed by atoms with Crippen molar-refractivity contribution in [2.75, 3.05) is 17.0 Å². The summed E-state index contributed by atoms with van der Waals surface area (Å²) < 4.78 is 75.2. The average molecular weight is 2120 g/mol. The topological polar surface area (TPSA) is 314 Å². The molecule has 8 radical (unpaired) electrons. The first-order chi connectivity index (χ1) is 35.1. The minimum absolute atomic E-state index is 0. The van der Waals surface area contributed by atoms with Gasteiger partial charge in [0.1, 0.15) is 77.3 Å². The van der Waals surface area contributed by atoms with E-state index in [1.807, 2.05) is 84.9 Å². The molecule has 0 aliphatic carbocycles. The van der Waals surface area contributed by atoms with Crippen LogP contribution in [0.1, 0.15) is 23.0 Å². The number of halogens is 3. The molecule has 8 rings (SSSR count). The van der Waals surface area contributed by atoms with Crippen molar-refractivity contribution in [1.82, 2.24) is 0 Å². The molecule has 79 heavy (non-hydrogen) atoms. The van der Waals surface area contributed by atoms with E-state index in [2.05, 4.69) is 53.8 Å². The van der Waals surface area contributed by atoms with Crippen molar-refractivity contribution in [3.8, 4) is 0 Å². The average Bonchev–Trinajstić information content (AvgIpc) is 4.19. The molecule has 38 heteroatoms. The van der Waals surface area contributed by atoms with Crippen LogP contribution < -0.4 is 91.5 Å². The second-order valence-electron chi connectivity index (χ2n) is 11.3. The van der Waals surface area contributed by atoms with Gasteiger partial charge in [-0.05, 0) is 108 Å². The molecule has 0 unspecified atom stereocenters. The zero-order chi connectivity index (χ0) is 54.4. The summed E-state index contributed by atoms with van der Waals surface area (Å²) >= 11 is 9.01. The molecule has 8 aromatic rings. The molecule has 4 aromatic heterocycles. The summed E-state index contributed by atoms with van der Waals surface area (Å²) in [7, 11) is 3.60. The fourth-order valence-electron chi connectivity index (χ4n) is 4.69. The zero-order valence-corrected chi connectivity index (χ0v) is 79.1. The number of benzene rings is 4. The molecule has 400 valence electrons. The number of hydrogen-bond acceptors (Lipinski definition) is 19. The Morgan fingerprint density at radius 2 is 0.975 bits per heavy atom. The van der Waals surface area contributed by atoms with Gasteiger partial charge in [-0.2, -0.15) is 36.4 Å². The summed E-state index contributed by atoms with van der Waals surface area (Å²) in [6.45, 7) is 0.247. The molecule has 4 aromatic carbocycles. The van der Waals surface area contributed by atoms with Crippen LogP contribution in [-0.2, 0) is 173 Å². The van der Waals surface area contributed by atoms with Crippen LogP contribution >= 0.6 is 77.6 Å². The number of rotatable bonds is 16. The Labute approximate surface area is 795 Å². The largest absolute Gasteiger partial charge is 1.00 e. The van der Waals surface area contributed by atoms with E-state index in [9.17, 15) is 0 Å². The predicted molar refractivity (Wildman–Crippen MR) is 291 cm³/mol. The van der Waals surface area contributed by atoms with Crippen LogP contribution in [0.2, 0.25) is 0 Å². The van der Waals surface area contributed by atoms with Gasteiger partial charge in [-0.3, -0.25) is 9.59 Å². The van der Waals surface area contributed by atoms with Crippen molar-refractivity contribution in [3.63, 3.8) is 0 Å². The number of aliphatic hydroxyl groups excluding tert-OH is 2. The zero-order valence-electron chi connectivity index (χ0n) is 48.9. The second kappa shape index (κ2) is 78.7. The third kappa shape index (κ3) is 55.3. The maximum atomic E-state index is 8.80. The molecule has 0 spiro atoms. The van der Waals surface area contributed by atoms with E-state index in [1.165, 1.54) is 0 Å². The van der Waals surface area contributed by atoms with E-state index in [-0.39, 0.29) is 413 Å². The monoisotopic (exact) mass is 2120 g/mol. The van der Waals surface area contributed by atoms with Crippen molar-refractivity contribution in [2.45, 2.75) is 26.4 Å². The fraction of sp³-hybridized carbons (Fsp3) is 0.171. The maximum Gasteiger partial charge on any atom is 1.00 e.